The molecule has 0 saturated carbocycles. The van der Waals surface area contributed by atoms with Gasteiger partial charge >= 0.3 is 0 Å². The van der Waals surface area contributed by atoms with E-state index in [4.69, 9.17) is 0 Å². The van der Waals surface area contributed by atoms with Crippen LogP contribution in [-0.2, 0) is 14.4 Å². The van der Waals surface area contributed by atoms with E-state index < -0.39 is 10.8 Å². The van der Waals surface area contributed by atoms with Crippen molar-refractivity contribution in [3.05, 3.63) is 0 Å². The van der Waals surface area contributed by atoms with E-state index in [1.54, 1.807) is 19.0 Å². The molecule has 4 nitrogen and oxygen atoms in total. The number of hydrogen-bond acceptors (Lipinski definition) is 3. The predicted molar refractivity (Wildman–Crippen MR) is 85.0 cm³/mol. The molecule has 21 heavy (non-hydrogen) atoms. The topological polar surface area (TPSA) is 54.5 Å². The van der Waals surface area contributed by atoms with E-state index in [1.165, 1.54) is 6.92 Å². The Bertz CT molecular complexity index is 399. The molecule has 122 valence electrons. The SMILES string of the molecule is CCCC(=O)C(C)(C)CC(C)(CCC(C)=O)C(=O)N(C)C. The first-order valence-electron chi connectivity index (χ1n) is 7.71. The number of carbonyl (C=O) groups is 3. The Morgan fingerprint density at radius 1 is 1.00 bits per heavy atom. The zero-order chi connectivity index (χ0) is 16.8. The third-order valence-corrected chi connectivity index (χ3v) is 4.02. The highest BCUT2D eigenvalue weighted by Gasteiger charge is 2.42. The minimum atomic E-state index is -0.679. The molecule has 0 radical (unpaired) electrons. The lowest BCUT2D eigenvalue weighted by Gasteiger charge is -2.37. The van der Waals surface area contributed by atoms with Crippen LogP contribution in [0.5, 0.6) is 0 Å². The second-order valence-corrected chi connectivity index (χ2v) is 7.20. The molecule has 0 heterocycles. The van der Waals surface area contributed by atoms with E-state index >= 15 is 0 Å². The Labute approximate surface area is 129 Å². The first kappa shape index (κ1) is 19.8. The molecule has 1 unspecified atom stereocenters. The van der Waals surface area contributed by atoms with Crippen LogP contribution in [0.3, 0.4) is 0 Å². The molecule has 0 bridgehead atoms. The Hall–Kier alpha value is -1.19. The maximum atomic E-state index is 12.5. The first-order valence-corrected chi connectivity index (χ1v) is 7.71. The van der Waals surface area contributed by atoms with Crippen LogP contribution >= 0.6 is 0 Å². The molecule has 4 heteroatoms. The lowest BCUT2D eigenvalue weighted by atomic mass is 9.68. The molecule has 1 amide bonds. The van der Waals surface area contributed by atoms with Crippen molar-refractivity contribution in [1.29, 1.82) is 0 Å². The maximum Gasteiger partial charge on any atom is 0.228 e. The summed E-state index contributed by atoms with van der Waals surface area (Å²) < 4.78 is 0. The van der Waals surface area contributed by atoms with Crippen LogP contribution in [0.15, 0.2) is 0 Å². The average Bonchev–Trinajstić information content (AvgIpc) is 2.35. The van der Waals surface area contributed by atoms with Gasteiger partial charge in [-0.25, -0.2) is 0 Å². The first-order chi connectivity index (χ1) is 9.46. The van der Waals surface area contributed by atoms with Crippen LogP contribution < -0.4 is 0 Å². The van der Waals surface area contributed by atoms with Gasteiger partial charge in [0.2, 0.25) is 5.91 Å². The average molecular weight is 297 g/mol. The fourth-order valence-corrected chi connectivity index (χ4v) is 2.90. The highest BCUT2D eigenvalue weighted by molar-refractivity contribution is 5.87. The van der Waals surface area contributed by atoms with Crippen LogP contribution in [0.2, 0.25) is 0 Å². The van der Waals surface area contributed by atoms with Gasteiger partial charge in [0.1, 0.15) is 11.6 Å². The summed E-state index contributed by atoms with van der Waals surface area (Å²) in [5.41, 5.74) is -1.23. The van der Waals surface area contributed by atoms with Crippen molar-refractivity contribution in [1.82, 2.24) is 4.90 Å². The van der Waals surface area contributed by atoms with Crippen LogP contribution in [0.1, 0.15) is 66.7 Å². The molecule has 0 aliphatic carbocycles. The van der Waals surface area contributed by atoms with E-state index in [0.717, 1.165) is 6.42 Å². The summed E-state index contributed by atoms with van der Waals surface area (Å²) >= 11 is 0. The third kappa shape index (κ3) is 5.98. The van der Waals surface area contributed by atoms with Gasteiger partial charge in [-0.05, 0) is 26.2 Å². The molecule has 0 fully saturated rings. The number of ketones is 2. The Morgan fingerprint density at radius 3 is 1.90 bits per heavy atom. The second-order valence-electron chi connectivity index (χ2n) is 7.20. The molecule has 0 aromatic heterocycles. The number of rotatable bonds is 9. The van der Waals surface area contributed by atoms with Gasteiger partial charge in [0.25, 0.3) is 0 Å². The van der Waals surface area contributed by atoms with Crippen LogP contribution in [0.4, 0.5) is 0 Å². The number of Topliss-reactive ketones (excluding diaryl/α,β-unsaturated/α-hetero) is 2. The minimum absolute atomic E-state index is 0.0128. The standard InChI is InChI=1S/C17H31NO3/c1-8-9-14(20)16(3,4)12-17(5,11-10-13(2)19)15(21)18(6)7/h8-12H2,1-7H3. The van der Waals surface area contributed by atoms with Crippen LogP contribution in [0, 0.1) is 10.8 Å². The zero-order valence-corrected chi connectivity index (χ0v) is 14.7. The summed E-state index contributed by atoms with van der Waals surface area (Å²) in [6, 6.07) is 0. The molecule has 0 aliphatic heterocycles. The lowest BCUT2D eigenvalue weighted by Crippen LogP contribution is -2.43. The smallest absolute Gasteiger partial charge is 0.228 e. The number of nitrogens with zero attached hydrogens (tertiary/aromatic N) is 1. The van der Waals surface area contributed by atoms with Crippen molar-refractivity contribution in [3.8, 4) is 0 Å². The third-order valence-electron chi connectivity index (χ3n) is 4.02. The molecule has 0 spiro atoms. The summed E-state index contributed by atoms with van der Waals surface area (Å²) in [5, 5.41) is 0. The summed E-state index contributed by atoms with van der Waals surface area (Å²) in [6.07, 6.45) is 2.68. The van der Waals surface area contributed by atoms with Crippen molar-refractivity contribution in [2.75, 3.05) is 14.1 Å². The minimum Gasteiger partial charge on any atom is -0.348 e. The summed E-state index contributed by atoms with van der Waals surface area (Å²) in [4.78, 5) is 37.7. The maximum absolute atomic E-state index is 12.5. The van der Waals surface area contributed by atoms with Gasteiger partial charge in [0.05, 0.1) is 0 Å². The molecule has 0 aromatic carbocycles. The van der Waals surface area contributed by atoms with Gasteiger partial charge < -0.3 is 9.69 Å². The van der Waals surface area contributed by atoms with Crippen molar-refractivity contribution in [3.63, 3.8) is 0 Å². The van der Waals surface area contributed by atoms with Crippen molar-refractivity contribution in [2.24, 2.45) is 10.8 Å². The molecule has 0 rings (SSSR count). The van der Waals surface area contributed by atoms with E-state index in [2.05, 4.69) is 0 Å². The molecule has 1 atom stereocenters. The molecule has 0 aliphatic rings. The predicted octanol–water partition coefficient (Wildman–Crippen LogP) is 3.24. The summed E-state index contributed by atoms with van der Waals surface area (Å²) in [5.74, 6) is 0.247. The zero-order valence-electron chi connectivity index (χ0n) is 14.7. The highest BCUT2D eigenvalue weighted by atomic mass is 16.2. The Kier molecular flexibility index (Phi) is 7.28. The van der Waals surface area contributed by atoms with Crippen LogP contribution in [-0.4, -0.2) is 36.5 Å². The van der Waals surface area contributed by atoms with E-state index in [1.807, 2.05) is 27.7 Å². The van der Waals surface area contributed by atoms with Gasteiger partial charge in [-0.1, -0.05) is 27.7 Å². The van der Waals surface area contributed by atoms with E-state index in [-0.39, 0.29) is 17.5 Å². The molecule has 0 saturated heterocycles. The largest absolute Gasteiger partial charge is 0.348 e. The second kappa shape index (κ2) is 7.71. The van der Waals surface area contributed by atoms with Crippen molar-refractivity contribution in [2.45, 2.75) is 66.7 Å². The molecule has 0 aromatic rings. The van der Waals surface area contributed by atoms with E-state index in [9.17, 15) is 14.4 Å². The highest BCUT2D eigenvalue weighted by Crippen LogP contribution is 2.40. The van der Waals surface area contributed by atoms with Crippen LogP contribution in [0.25, 0.3) is 0 Å². The number of hydrogen-bond donors (Lipinski definition) is 0. The van der Waals surface area contributed by atoms with Gasteiger partial charge in [-0.2, -0.15) is 0 Å². The number of carbonyl (C=O) groups excluding carboxylic acids is 3. The summed E-state index contributed by atoms with van der Waals surface area (Å²) in [6.45, 7) is 9.20. The lowest BCUT2D eigenvalue weighted by molar-refractivity contribution is -0.143. The molecular formula is C17H31NO3. The van der Waals surface area contributed by atoms with Gasteiger partial charge in [-0.3, -0.25) is 9.59 Å². The monoisotopic (exact) mass is 297 g/mol. The fraction of sp³-hybridized carbons (Fsp3) is 0.824. The van der Waals surface area contributed by atoms with Crippen molar-refractivity contribution >= 4 is 17.5 Å². The van der Waals surface area contributed by atoms with E-state index in [0.29, 0.717) is 25.7 Å². The summed E-state index contributed by atoms with van der Waals surface area (Å²) in [7, 11) is 3.43. The van der Waals surface area contributed by atoms with Gasteiger partial charge in [-0.15, -0.1) is 0 Å². The molecular weight excluding hydrogens is 266 g/mol. The van der Waals surface area contributed by atoms with Crippen molar-refractivity contribution < 1.29 is 14.4 Å². The van der Waals surface area contributed by atoms with Gasteiger partial charge in [0, 0.05) is 37.8 Å². The Balaban J connectivity index is 5.26. The quantitative estimate of drug-likeness (QED) is 0.656. The normalized spacial score (nSPS) is 14.4. The number of amides is 1. The fourth-order valence-electron chi connectivity index (χ4n) is 2.90. The molecule has 0 N–H and O–H groups in total. The Morgan fingerprint density at radius 2 is 1.52 bits per heavy atom. The van der Waals surface area contributed by atoms with Gasteiger partial charge in [0.15, 0.2) is 0 Å².